The van der Waals surface area contributed by atoms with Crippen molar-refractivity contribution >= 4 is 16.7 Å². The van der Waals surface area contributed by atoms with Crippen molar-refractivity contribution in [3.05, 3.63) is 72.0 Å². The Bertz CT molecular complexity index is 876. The number of halogens is 1. The maximum absolute atomic E-state index is 13.4. The van der Waals surface area contributed by atoms with Crippen molar-refractivity contribution < 1.29 is 23.8 Å². The van der Waals surface area contributed by atoms with Crippen molar-refractivity contribution in [1.29, 1.82) is 0 Å². The highest BCUT2D eigenvalue weighted by Gasteiger charge is 2.14. The van der Waals surface area contributed by atoms with Crippen LogP contribution in [0.4, 0.5) is 4.39 Å². The molecule has 24 heavy (non-hydrogen) atoms. The van der Waals surface area contributed by atoms with Crippen LogP contribution in [0.15, 0.2) is 60.7 Å². The van der Waals surface area contributed by atoms with Crippen LogP contribution < -0.4 is 4.74 Å². The highest BCUT2D eigenvalue weighted by molar-refractivity contribution is 5.98. The minimum atomic E-state index is -0.657. The molecule has 0 bridgehead atoms. The average molecular weight is 326 g/mol. The highest BCUT2D eigenvalue weighted by Crippen LogP contribution is 2.25. The zero-order valence-electron chi connectivity index (χ0n) is 12.7. The maximum atomic E-state index is 13.4. The molecular weight excluding hydrogens is 311 g/mol. The lowest BCUT2D eigenvalue weighted by Gasteiger charge is -2.09. The van der Waals surface area contributed by atoms with Crippen molar-refractivity contribution in [2.24, 2.45) is 0 Å². The van der Waals surface area contributed by atoms with Crippen LogP contribution in [-0.2, 0) is 4.74 Å². The van der Waals surface area contributed by atoms with Crippen LogP contribution in [0.3, 0.4) is 0 Å². The Balaban J connectivity index is 1.61. The Morgan fingerprint density at radius 2 is 1.62 bits per heavy atom. The van der Waals surface area contributed by atoms with Crippen LogP contribution in [0.5, 0.6) is 11.5 Å². The molecule has 0 aliphatic carbocycles. The molecule has 122 valence electrons. The van der Waals surface area contributed by atoms with Gasteiger partial charge in [0.05, 0.1) is 0 Å². The Kier molecular flexibility index (Phi) is 4.61. The largest absolute Gasteiger partial charge is 0.507 e. The first-order valence-corrected chi connectivity index (χ1v) is 7.41. The number of hydrogen-bond donors (Lipinski definition) is 1. The zero-order chi connectivity index (χ0) is 16.9. The second-order valence-electron chi connectivity index (χ2n) is 5.13. The van der Waals surface area contributed by atoms with Gasteiger partial charge in [-0.2, -0.15) is 0 Å². The Labute approximate surface area is 138 Å². The fraction of sp³-hybridized carbons (Fsp3) is 0.105. The summed E-state index contributed by atoms with van der Waals surface area (Å²) in [6.07, 6.45) is 0. The molecule has 0 amide bonds. The van der Waals surface area contributed by atoms with E-state index in [4.69, 9.17) is 9.47 Å². The fourth-order valence-electron chi connectivity index (χ4n) is 2.32. The summed E-state index contributed by atoms with van der Waals surface area (Å²) in [5, 5.41) is 11.6. The second-order valence-corrected chi connectivity index (χ2v) is 5.13. The number of carbonyl (C=O) groups is 1. The molecule has 0 aliphatic rings. The summed E-state index contributed by atoms with van der Waals surface area (Å²) in [6, 6.07) is 16.4. The normalized spacial score (nSPS) is 10.5. The number of carbonyl (C=O) groups excluding carboxylic acids is 1. The third-order valence-electron chi connectivity index (χ3n) is 3.49. The van der Waals surface area contributed by atoms with Gasteiger partial charge in [0.1, 0.15) is 24.5 Å². The third kappa shape index (κ3) is 3.46. The van der Waals surface area contributed by atoms with Gasteiger partial charge in [-0.1, -0.05) is 36.4 Å². The number of hydrogen-bond acceptors (Lipinski definition) is 4. The molecule has 0 heterocycles. The van der Waals surface area contributed by atoms with Gasteiger partial charge in [-0.3, -0.25) is 0 Å². The van der Waals surface area contributed by atoms with Crippen molar-refractivity contribution in [1.82, 2.24) is 0 Å². The van der Waals surface area contributed by atoms with Crippen LogP contribution in [0.25, 0.3) is 10.8 Å². The van der Waals surface area contributed by atoms with E-state index in [-0.39, 0.29) is 30.3 Å². The summed E-state index contributed by atoms with van der Waals surface area (Å²) in [6.45, 7) is -0.0412. The minimum Gasteiger partial charge on any atom is -0.507 e. The van der Waals surface area contributed by atoms with E-state index in [1.54, 1.807) is 18.2 Å². The van der Waals surface area contributed by atoms with Crippen molar-refractivity contribution in [2.45, 2.75) is 0 Å². The smallest absolute Gasteiger partial charge is 0.342 e. The number of aromatic hydroxyl groups is 1. The lowest BCUT2D eigenvalue weighted by Crippen LogP contribution is -2.13. The summed E-state index contributed by atoms with van der Waals surface area (Å²) in [5.41, 5.74) is 0.0830. The minimum absolute atomic E-state index is 0.0149. The molecule has 0 saturated carbocycles. The number of benzene rings is 3. The summed E-state index contributed by atoms with van der Waals surface area (Å²) in [5.74, 6) is -1.18. The van der Waals surface area contributed by atoms with Gasteiger partial charge in [-0.25, -0.2) is 9.18 Å². The first-order valence-electron chi connectivity index (χ1n) is 7.41. The molecule has 0 spiro atoms. The predicted octanol–water partition coefficient (Wildman–Crippen LogP) is 3.92. The Hall–Kier alpha value is -3.08. The zero-order valence-corrected chi connectivity index (χ0v) is 12.7. The highest BCUT2D eigenvalue weighted by atomic mass is 19.1. The molecule has 0 aliphatic heterocycles. The molecule has 3 rings (SSSR count). The molecule has 3 aromatic carbocycles. The number of para-hydroxylation sites is 1. The Morgan fingerprint density at radius 1 is 0.958 bits per heavy atom. The third-order valence-corrected chi connectivity index (χ3v) is 3.49. The van der Waals surface area contributed by atoms with E-state index in [1.165, 1.54) is 18.2 Å². The number of esters is 1. The topological polar surface area (TPSA) is 55.8 Å². The predicted molar refractivity (Wildman–Crippen MR) is 87.8 cm³/mol. The monoisotopic (exact) mass is 326 g/mol. The number of rotatable bonds is 5. The van der Waals surface area contributed by atoms with E-state index in [9.17, 15) is 14.3 Å². The lowest BCUT2D eigenvalue weighted by atomic mass is 10.1. The van der Waals surface area contributed by atoms with Crippen LogP contribution in [0.2, 0.25) is 0 Å². The molecule has 3 aromatic rings. The number of phenols is 1. The summed E-state index contributed by atoms with van der Waals surface area (Å²) >= 11 is 0. The number of fused-ring (bicyclic) bond motifs is 1. The summed E-state index contributed by atoms with van der Waals surface area (Å²) in [4.78, 5) is 12.1. The maximum Gasteiger partial charge on any atom is 0.342 e. The van der Waals surface area contributed by atoms with Gasteiger partial charge >= 0.3 is 5.97 Å². The Morgan fingerprint density at radius 3 is 2.38 bits per heavy atom. The van der Waals surface area contributed by atoms with Gasteiger partial charge in [0, 0.05) is 0 Å². The first-order chi connectivity index (χ1) is 11.6. The van der Waals surface area contributed by atoms with E-state index >= 15 is 0 Å². The van der Waals surface area contributed by atoms with Gasteiger partial charge < -0.3 is 14.6 Å². The molecule has 4 nitrogen and oxygen atoms in total. The van der Waals surface area contributed by atoms with E-state index in [0.29, 0.717) is 0 Å². The lowest BCUT2D eigenvalue weighted by molar-refractivity contribution is 0.0445. The molecule has 0 fully saturated rings. The molecule has 0 saturated heterocycles. The van der Waals surface area contributed by atoms with Gasteiger partial charge in [-0.05, 0) is 35.0 Å². The number of ether oxygens (including phenoxy) is 2. The fourth-order valence-corrected chi connectivity index (χ4v) is 2.32. The van der Waals surface area contributed by atoms with Gasteiger partial charge in [0.25, 0.3) is 0 Å². The second kappa shape index (κ2) is 7.00. The van der Waals surface area contributed by atoms with Gasteiger partial charge in [-0.15, -0.1) is 0 Å². The number of phenolic OH excluding ortho intramolecular Hbond substituents is 1. The van der Waals surface area contributed by atoms with E-state index in [1.807, 2.05) is 24.3 Å². The molecular formula is C19H15FO4. The molecule has 0 unspecified atom stereocenters. The molecule has 1 N–H and O–H groups in total. The van der Waals surface area contributed by atoms with Crippen molar-refractivity contribution in [3.8, 4) is 11.5 Å². The van der Waals surface area contributed by atoms with E-state index < -0.39 is 11.8 Å². The summed E-state index contributed by atoms with van der Waals surface area (Å²) < 4.78 is 23.7. The SMILES string of the molecule is O=C(OCCOc1ccccc1F)c1cc2ccccc2cc1O. The van der Waals surface area contributed by atoms with Crippen LogP contribution in [-0.4, -0.2) is 24.3 Å². The van der Waals surface area contributed by atoms with Gasteiger partial charge in [0.15, 0.2) is 11.6 Å². The van der Waals surface area contributed by atoms with E-state index in [2.05, 4.69) is 0 Å². The molecule has 0 atom stereocenters. The van der Waals surface area contributed by atoms with E-state index in [0.717, 1.165) is 10.8 Å². The van der Waals surface area contributed by atoms with Crippen LogP contribution >= 0.6 is 0 Å². The summed E-state index contributed by atoms with van der Waals surface area (Å²) in [7, 11) is 0. The molecule has 5 heteroatoms. The first kappa shape index (κ1) is 15.8. The van der Waals surface area contributed by atoms with Crippen molar-refractivity contribution in [2.75, 3.05) is 13.2 Å². The average Bonchev–Trinajstić information content (AvgIpc) is 2.59. The van der Waals surface area contributed by atoms with Gasteiger partial charge in [0.2, 0.25) is 0 Å². The quantitative estimate of drug-likeness (QED) is 0.570. The molecule has 0 aromatic heterocycles. The van der Waals surface area contributed by atoms with Crippen molar-refractivity contribution in [3.63, 3.8) is 0 Å². The standard InChI is InChI=1S/C19H15FO4/c20-16-7-3-4-8-18(16)23-9-10-24-19(22)15-11-13-5-1-2-6-14(13)12-17(15)21/h1-8,11-12,21H,9-10H2. The molecule has 0 radical (unpaired) electrons. The van der Waals surface area contributed by atoms with Crippen LogP contribution in [0.1, 0.15) is 10.4 Å². The van der Waals surface area contributed by atoms with Crippen LogP contribution in [0, 0.1) is 5.82 Å².